The van der Waals surface area contributed by atoms with Gasteiger partial charge in [0.2, 0.25) is 5.91 Å². The minimum absolute atomic E-state index is 0.246. The average molecular weight is 292 g/mol. The molecule has 2 saturated heterocycles. The molecule has 0 aromatic carbocycles. The normalized spacial score (nSPS) is 31.8. The molecule has 118 valence electrons. The van der Waals surface area contributed by atoms with Crippen LogP contribution in [0.4, 0.5) is 0 Å². The fourth-order valence-corrected chi connectivity index (χ4v) is 4.01. The highest BCUT2D eigenvalue weighted by molar-refractivity contribution is 5.79. The van der Waals surface area contributed by atoms with Crippen molar-refractivity contribution in [1.82, 2.24) is 9.80 Å². The Labute approximate surface area is 128 Å². The summed E-state index contributed by atoms with van der Waals surface area (Å²) in [5.41, 5.74) is 0. The van der Waals surface area contributed by atoms with Crippen LogP contribution in [0.2, 0.25) is 0 Å². The van der Waals surface area contributed by atoms with E-state index in [0.717, 1.165) is 64.7 Å². The number of methoxy groups -OCH3 is 1. The van der Waals surface area contributed by atoms with Crippen molar-refractivity contribution >= 4 is 5.91 Å². The van der Waals surface area contributed by atoms with Gasteiger partial charge in [-0.2, -0.15) is 0 Å². The maximum atomic E-state index is 12.5. The molecular formula is C17H28N2O2. The zero-order valence-corrected chi connectivity index (χ0v) is 13.2. The highest BCUT2D eigenvalue weighted by atomic mass is 16.5. The number of ether oxygens (including phenoxy) is 1. The lowest BCUT2D eigenvalue weighted by atomic mass is 9.92. The number of hydrogen-bond acceptors (Lipinski definition) is 3. The fraction of sp³-hybridized carbons (Fsp3) is 0.824. The lowest BCUT2D eigenvalue weighted by Gasteiger charge is -2.38. The third kappa shape index (κ3) is 3.49. The summed E-state index contributed by atoms with van der Waals surface area (Å²) in [6.07, 6.45) is 11.3. The zero-order chi connectivity index (χ0) is 14.7. The Hall–Kier alpha value is -0.870. The molecule has 0 bridgehead atoms. The zero-order valence-electron chi connectivity index (χ0n) is 13.2. The van der Waals surface area contributed by atoms with E-state index in [1.807, 2.05) is 7.11 Å². The van der Waals surface area contributed by atoms with Gasteiger partial charge in [0.1, 0.15) is 0 Å². The highest BCUT2D eigenvalue weighted by Crippen LogP contribution is 2.26. The first-order valence-corrected chi connectivity index (χ1v) is 8.48. The maximum absolute atomic E-state index is 12.5. The summed E-state index contributed by atoms with van der Waals surface area (Å²) >= 11 is 0. The van der Waals surface area contributed by atoms with E-state index in [4.69, 9.17) is 4.74 Å². The van der Waals surface area contributed by atoms with Gasteiger partial charge in [-0.1, -0.05) is 12.2 Å². The molecule has 2 atom stereocenters. The Morgan fingerprint density at radius 2 is 1.90 bits per heavy atom. The molecule has 1 amide bonds. The lowest BCUT2D eigenvalue weighted by Crippen LogP contribution is -2.48. The molecule has 2 heterocycles. The van der Waals surface area contributed by atoms with E-state index < -0.39 is 0 Å². The molecule has 21 heavy (non-hydrogen) atoms. The minimum Gasteiger partial charge on any atom is -0.380 e. The predicted octanol–water partition coefficient (Wildman–Crippen LogP) is 2.05. The number of carbonyl (C=O) groups is 1. The standard InChI is InChI=1S/C17H28N2O2/c1-21-16-9-12-19(13-16)15-7-10-18(11-8-15)17(20)14-5-3-2-4-6-14/h2-3,14-16H,4-13H2,1H3/t14-,16+/m0/s1. The molecule has 1 aliphatic carbocycles. The Bertz CT molecular complexity index is 388. The van der Waals surface area contributed by atoms with Gasteiger partial charge < -0.3 is 9.64 Å². The van der Waals surface area contributed by atoms with Gasteiger partial charge in [0.25, 0.3) is 0 Å². The van der Waals surface area contributed by atoms with Crippen LogP contribution in [0.15, 0.2) is 12.2 Å². The van der Waals surface area contributed by atoms with E-state index in [9.17, 15) is 4.79 Å². The van der Waals surface area contributed by atoms with Crippen LogP contribution in [-0.4, -0.2) is 61.1 Å². The number of hydrogen-bond donors (Lipinski definition) is 0. The van der Waals surface area contributed by atoms with Gasteiger partial charge in [-0.05, 0) is 38.5 Å². The van der Waals surface area contributed by atoms with E-state index in [1.165, 1.54) is 0 Å². The topological polar surface area (TPSA) is 32.8 Å². The van der Waals surface area contributed by atoms with Crippen LogP contribution in [0.5, 0.6) is 0 Å². The van der Waals surface area contributed by atoms with Crippen molar-refractivity contribution in [3.8, 4) is 0 Å². The Morgan fingerprint density at radius 1 is 1.10 bits per heavy atom. The largest absolute Gasteiger partial charge is 0.380 e. The van der Waals surface area contributed by atoms with Crippen molar-refractivity contribution in [2.45, 2.75) is 50.7 Å². The third-order valence-electron chi connectivity index (χ3n) is 5.42. The van der Waals surface area contributed by atoms with E-state index in [0.29, 0.717) is 18.1 Å². The van der Waals surface area contributed by atoms with Crippen molar-refractivity contribution < 1.29 is 9.53 Å². The van der Waals surface area contributed by atoms with E-state index in [-0.39, 0.29) is 5.92 Å². The molecule has 0 aromatic heterocycles. The summed E-state index contributed by atoms with van der Waals surface area (Å²) in [5, 5.41) is 0. The predicted molar refractivity (Wildman–Crippen MR) is 83.1 cm³/mol. The van der Waals surface area contributed by atoms with E-state index in [1.54, 1.807) is 0 Å². The van der Waals surface area contributed by atoms with E-state index >= 15 is 0 Å². The van der Waals surface area contributed by atoms with E-state index in [2.05, 4.69) is 22.0 Å². The Kier molecular flexibility index (Phi) is 4.96. The smallest absolute Gasteiger partial charge is 0.226 e. The van der Waals surface area contributed by atoms with Gasteiger partial charge in [-0.3, -0.25) is 9.69 Å². The second-order valence-corrected chi connectivity index (χ2v) is 6.68. The number of amides is 1. The second-order valence-electron chi connectivity index (χ2n) is 6.68. The number of piperidine rings is 1. The molecule has 0 N–H and O–H groups in total. The summed E-state index contributed by atoms with van der Waals surface area (Å²) < 4.78 is 5.46. The summed E-state index contributed by atoms with van der Waals surface area (Å²) in [6, 6.07) is 0.653. The quantitative estimate of drug-likeness (QED) is 0.746. The number of carbonyl (C=O) groups excluding carboxylic acids is 1. The molecule has 3 aliphatic rings. The van der Waals surface area contributed by atoms with Gasteiger partial charge in [-0.25, -0.2) is 0 Å². The number of allylic oxidation sites excluding steroid dienone is 2. The van der Waals surface area contributed by atoms with Crippen molar-refractivity contribution in [2.24, 2.45) is 5.92 Å². The molecular weight excluding hydrogens is 264 g/mol. The molecule has 0 spiro atoms. The first kappa shape index (κ1) is 15.0. The van der Waals surface area contributed by atoms with Crippen molar-refractivity contribution in [2.75, 3.05) is 33.3 Å². The van der Waals surface area contributed by atoms with Crippen LogP contribution < -0.4 is 0 Å². The van der Waals surface area contributed by atoms with Crippen molar-refractivity contribution in [3.63, 3.8) is 0 Å². The minimum atomic E-state index is 0.246. The summed E-state index contributed by atoms with van der Waals surface area (Å²) in [6.45, 7) is 4.11. The third-order valence-corrected chi connectivity index (χ3v) is 5.42. The second kappa shape index (κ2) is 6.93. The van der Waals surface area contributed by atoms with Crippen LogP contribution in [0, 0.1) is 5.92 Å². The highest BCUT2D eigenvalue weighted by Gasteiger charge is 2.33. The van der Waals surface area contributed by atoms with Crippen molar-refractivity contribution in [3.05, 3.63) is 12.2 Å². The molecule has 2 aliphatic heterocycles. The molecule has 4 nitrogen and oxygen atoms in total. The number of rotatable bonds is 3. The molecule has 0 radical (unpaired) electrons. The summed E-state index contributed by atoms with van der Waals surface area (Å²) in [5.74, 6) is 0.644. The monoisotopic (exact) mass is 292 g/mol. The van der Waals surface area contributed by atoms with Gasteiger partial charge >= 0.3 is 0 Å². The SMILES string of the molecule is CO[C@@H]1CCN(C2CCN(C(=O)[C@H]3CC=CCC3)CC2)C1. The van der Waals surface area contributed by atoms with Gasteiger partial charge in [0, 0.05) is 45.2 Å². The van der Waals surface area contributed by atoms with Gasteiger partial charge in [-0.15, -0.1) is 0 Å². The Balaban J connectivity index is 1.46. The van der Waals surface area contributed by atoms with Crippen LogP contribution in [0.1, 0.15) is 38.5 Å². The maximum Gasteiger partial charge on any atom is 0.226 e. The number of nitrogens with zero attached hydrogens (tertiary/aromatic N) is 2. The molecule has 2 fully saturated rings. The molecule has 0 aromatic rings. The van der Waals surface area contributed by atoms with Crippen LogP contribution >= 0.6 is 0 Å². The van der Waals surface area contributed by atoms with Crippen LogP contribution in [0.25, 0.3) is 0 Å². The summed E-state index contributed by atoms with van der Waals surface area (Å²) in [7, 11) is 1.81. The molecule has 0 unspecified atom stereocenters. The van der Waals surface area contributed by atoms with Crippen LogP contribution in [-0.2, 0) is 9.53 Å². The number of likely N-dealkylation sites (tertiary alicyclic amines) is 2. The van der Waals surface area contributed by atoms with Gasteiger partial charge in [0.05, 0.1) is 6.10 Å². The molecule has 4 heteroatoms. The van der Waals surface area contributed by atoms with Crippen LogP contribution in [0.3, 0.4) is 0 Å². The van der Waals surface area contributed by atoms with Crippen molar-refractivity contribution in [1.29, 1.82) is 0 Å². The first-order valence-electron chi connectivity index (χ1n) is 8.48. The Morgan fingerprint density at radius 3 is 2.52 bits per heavy atom. The molecule has 0 saturated carbocycles. The molecule has 3 rings (SSSR count). The first-order chi connectivity index (χ1) is 10.3. The lowest BCUT2D eigenvalue weighted by molar-refractivity contribution is -0.137. The van der Waals surface area contributed by atoms with Gasteiger partial charge in [0.15, 0.2) is 0 Å². The fourth-order valence-electron chi connectivity index (χ4n) is 4.01. The summed E-state index contributed by atoms with van der Waals surface area (Å²) in [4.78, 5) is 17.2. The average Bonchev–Trinajstić information content (AvgIpc) is 3.04.